The first-order valence-corrected chi connectivity index (χ1v) is 5.81. The van der Waals surface area contributed by atoms with Gasteiger partial charge in [-0.2, -0.15) is 22.5 Å². The lowest BCUT2D eigenvalue weighted by Crippen LogP contribution is -2.33. The quantitative estimate of drug-likeness (QED) is 0.896. The van der Waals surface area contributed by atoms with Crippen LogP contribution in [0.25, 0.3) is 0 Å². The Hall–Kier alpha value is -0.850. The Balaban J connectivity index is 1.93. The molecule has 16 heavy (non-hydrogen) atoms. The summed E-state index contributed by atoms with van der Waals surface area (Å²) in [6, 6.07) is 0. The maximum absolute atomic E-state index is 12.2. The summed E-state index contributed by atoms with van der Waals surface area (Å²) in [5.41, 5.74) is 0.212. The van der Waals surface area contributed by atoms with Gasteiger partial charge in [-0.25, -0.2) is 0 Å². The van der Waals surface area contributed by atoms with Crippen LogP contribution >= 0.6 is 11.5 Å². The lowest BCUT2D eigenvalue weighted by atomic mass is 9.70. The van der Waals surface area contributed by atoms with Crippen LogP contribution in [-0.2, 0) is 6.18 Å². The van der Waals surface area contributed by atoms with Crippen LogP contribution < -0.4 is 5.32 Å². The summed E-state index contributed by atoms with van der Waals surface area (Å²) in [6.45, 7) is 2.79. The highest BCUT2D eigenvalue weighted by molar-refractivity contribution is 7.09. The highest BCUT2D eigenvalue weighted by Gasteiger charge is 2.36. The number of halogens is 3. The minimum atomic E-state index is -4.45. The predicted molar refractivity (Wildman–Crippen MR) is 55.4 cm³/mol. The molecule has 1 aliphatic rings. The lowest BCUT2D eigenvalue weighted by Gasteiger charge is -2.38. The predicted octanol–water partition coefficient (Wildman–Crippen LogP) is 3.16. The molecule has 7 heteroatoms. The van der Waals surface area contributed by atoms with Crippen molar-refractivity contribution in [3.63, 3.8) is 0 Å². The smallest absolute Gasteiger partial charge is 0.360 e. The molecule has 0 aliphatic heterocycles. The summed E-state index contributed by atoms with van der Waals surface area (Å²) in [5, 5.41) is 3.17. The van der Waals surface area contributed by atoms with Gasteiger partial charge in [0.15, 0.2) is 0 Å². The van der Waals surface area contributed by atoms with Gasteiger partial charge in [0.1, 0.15) is 0 Å². The zero-order valence-electron chi connectivity index (χ0n) is 8.76. The maximum Gasteiger partial charge on any atom is 0.452 e. The highest BCUT2D eigenvalue weighted by Crippen LogP contribution is 2.40. The van der Waals surface area contributed by atoms with Gasteiger partial charge in [0.25, 0.3) is 0 Å². The molecule has 0 unspecified atom stereocenters. The molecule has 1 fully saturated rings. The third-order valence-electron chi connectivity index (χ3n) is 2.91. The molecule has 1 saturated carbocycles. The van der Waals surface area contributed by atoms with Gasteiger partial charge >= 0.3 is 6.18 Å². The van der Waals surface area contributed by atoms with Crippen molar-refractivity contribution in [3.8, 4) is 0 Å². The van der Waals surface area contributed by atoms with Crippen LogP contribution in [-0.4, -0.2) is 15.9 Å². The van der Waals surface area contributed by atoms with Crippen molar-refractivity contribution in [1.82, 2.24) is 9.36 Å². The molecule has 1 N–H and O–H groups in total. The van der Waals surface area contributed by atoms with Crippen molar-refractivity contribution < 1.29 is 13.2 Å². The van der Waals surface area contributed by atoms with E-state index in [9.17, 15) is 13.2 Å². The highest BCUT2D eigenvalue weighted by atomic mass is 32.1. The van der Waals surface area contributed by atoms with Gasteiger partial charge in [0.2, 0.25) is 11.0 Å². The normalized spacial score (nSPS) is 19.2. The molecule has 1 aromatic heterocycles. The van der Waals surface area contributed by atoms with Crippen LogP contribution in [0, 0.1) is 5.41 Å². The molecule has 1 heterocycles. The van der Waals surface area contributed by atoms with E-state index in [1.807, 2.05) is 0 Å². The molecule has 0 aromatic carbocycles. The molecular formula is C9H12F3N3S. The summed E-state index contributed by atoms with van der Waals surface area (Å²) < 4.78 is 39.9. The Bertz CT molecular complexity index is 370. The van der Waals surface area contributed by atoms with Crippen LogP contribution in [0.15, 0.2) is 0 Å². The zero-order chi connectivity index (χ0) is 11.8. The fourth-order valence-corrected chi connectivity index (χ4v) is 2.24. The minimum absolute atomic E-state index is 0.212. The van der Waals surface area contributed by atoms with Crippen LogP contribution in [0.1, 0.15) is 32.0 Å². The van der Waals surface area contributed by atoms with E-state index in [2.05, 4.69) is 21.6 Å². The molecule has 0 amide bonds. The van der Waals surface area contributed by atoms with Crippen molar-refractivity contribution in [2.24, 2.45) is 5.41 Å². The average Bonchev–Trinajstić information content (AvgIpc) is 2.59. The van der Waals surface area contributed by atoms with Crippen molar-refractivity contribution in [3.05, 3.63) is 5.82 Å². The lowest BCUT2D eigenvalue weighted by molar-refractivity contribution is -0.144. The molecule has 0 atom stereocenters. The Morgan fingerprint density at radius 2 is 2.12 bits per heavy atom. The Morgan fingerprint density at radius 1 is 1.44 bits per heavy atom. The number of anilines is 1. The van der Waals surface area contributed by atoms with Gasteiger partial charge in [-0.1, -0.05) is 13.3 Å². The van der Waals surface area contributed by atoms with Crippen molar-refractivity contribution in [2.75, 3.05) is 11.9 Å². The van der Waals surface area contributed by atoms with Gasteiger partial charge in [-0.15, -0.1) is 0 Å². The summed E-state index contributed by atoms with van der Waals surface area (Å²) in [7, 11) is 0. The fourth-order valence-electron chi connectivity index (χ4n) is 1.66. The van der Waals surface area contributed by atoms with E-state index in [1.54, 1.807) is 0 Å². The third-order valence-corrected chi connectivity index (χ3v) is 3.58. The monoisotopic (exact) mass is 251 g/mol. The molecule has 90 valence electrons. The van der Waals surface area contributed by atoms with Gasteiger partial charge in [-0.05, 0) is 18.3 Å². The van der Waals surface area contributed by atoms with Crippen LogP contribution in [0.2, 0.25) is 0 Å². The molecule has 0 radical (unpaired) electrons. The summed E-state index contributed by atoms with van der Waals surface area (Å²) >= 11 is 0.759. The van der Waals surface area contributed by atoms with Crippen LogP contribution in [0.4, 0.5) is 18.3 Å². The van der Waals surface area contributed by atoms with Gasteiger partial charge < -0.3 is 5.32 Å². The van der Waals surface area contributed by atoms with E-state index in [-0.39, 0.29) is 10.5 Å². The van der Waals surface area contributed by atoms with E-state index in [0.29, 0.717) is 6.54 Å². The molecule has 0 saturated heterocycles. The van der Waals surface area contributed by atoms with E-state index in [4.69, 9.17) is 0 Å². The number of nitrogens with one attached hydrogen (secondary N) is 1. The fraction of sp³-hybridized carbons (Fsp3) is 0.778. The number of aromatic nitrogens is 2. The molecule has 0 bridgehead atoms. The number of hydrogen-bond donors (Lipinski definition) is 1. The first-order valence-electron chi connectivity index (χ1n) is 5.04. The van der Waals surface area contributed by atoms with E-state index in [0.717, 1.165) is 24.4 Å². The van der Waals surface area contributed by atoms with Gasteiger partial charge in [-0.3, -0.25) is 0 Å². The van der Waals surface area contributed by atoms with Gasteiger partial charge in [0, 0.05) is 18.1 Å². The number of alkyl halides is 3. The van der Waals surface area contributed by atoms with Gasteiger partial charge in [0.05, 0.1) is 0 Å². The number of rotatable bonds is 3. The third kappa shape index (κ3) is 2.45. The van der Waals surface area contributed by atoms with E-state index < -0.39 is 12.0 Å². The summed E-state index contributed by atoms with van der Waals surface area (Å²) in [4.78, 5) is 3.41. The molecular weight excluding hydrogens is 239 g/mol. The topological polar surface area (TPSA) is 37.8 Å². The van der Waals surface area contributed by atoms with Crippen LogP contribution in [0.5, 0.6) is 0 Å². The van der Waals surface area contributed by atoms with Crippen LogP contribution in [0.3, 0.4) is 0 Å². The first-order chi connectivity index (χ1) is 7.39. The van der Waals surface area contributed by atoms with E-state index in [1.165, 1.54) is 6.42 Å². The number of hydrogen-bond acceptors (Lipinski definition) is 4. The SMILES string of the molecule is CC1(CNc2nc(C(F)(F)F)ns2)CCC1. The minimum Gasteiger partial charge on any atom is -0.360 e. The van der Waals surface area contributed by atoms with E-state index >= 15 is 0 Å². The Morgan fingerprint density at radius 3 is 2.56 bits per heavy atom. The molecule has 1 aliphatic carbocycles. The number of nitrogens with zero attached hydrogens (tertiary/aromatic N) is 2. The zero-order valence-corrected chi connectivity index (χ0v) is 9.58. The van der Waals surface area contributed by atoms with Crippen molar-refractivity contribution in [2.45, 2.75) is 32.4 Å². The average molecular weight is 251 g/mol. The molecule has 2 rings (SSSR count). The second-order valence-electron chi connectivity index (χ2n) is 4.44. The maximum atomic E-state index is 12.2. The Labute approximate surface area is 95.2 Å². The van der Waals surface area contributed by atoms with Crippen molar-refractivity contribution >= 4 is 16.7 Å². The standard InChI is InChI=1S/C9H12F3N3S/c1-8(3-2-4-8)5-13-7-14-6(15-16-7)9(10,11)12/h2-5H2,1H3,(H,13,14,15). The first kappa shape index (κ1) is 11.6. The molecule has 0 spiro atoms. The largest absolute Gasteiger partial charge is 0.452 e. The Kier molecular flexibility index (Phi) is 2.81. The molecule has 3 nitrogen and oxygen atoms in total. The second kappa shape index (κ2) is 3.87. The second-order valence-corrected chi connectivity index (χ2v) is 5.19. The molecule has 1 aromatic rings. The summed E-state index contributed by atoms with van der Waals surface area (Å²) in [6.07, 6.45) is -1.02. The summed E-state index contributed by atoms with van der Waals surface area (Å²) in [5.74, 6) is -1.06. The van der Waals surface area contributed by atoms with Crippen molar-refractivity contribution in [1.29, 1.82) is 0 Å².